The van der Waals surface area contributed by atoms with Gasteiger partial charge in [-0.05, 0) is 31.6 Å². The molecule has 0 aromatic carbocycles. The predicted molar refractivity (Wildman–Crippen MR) is 75.0 cm³/mol. The molecule has 2 N–H and O–H groups in total. The lowest BCUT2D eigenvalue weighted by atomic mass is 9.87. The van der Waals surface area contributed by atoms with Crippen LogP contribution in [0, 0.1) is 5.92 Å². The summed E-state index contributed by atoms with van der Waals surface area (Å²) < 4.78 is 0. The monoisotopic (exact) mass is 244 g/mol. The van der Waals surface area contributed by atoms with Gasteiger partial charge in [0, 0.05) is 23.9 Å². The number of thioether (sulfide) groups is 1. The van der Waals surface area contributed by atoms with Crippen molar-refractivity contribution in [3.63, 3.8) is 0 Å². The molecule has 2 nitrogen and oxygen atoms in total. The summed E-state index contributed by atoms with van der Waals surface area (Å²) in [6.45, 7) is 8.94. The average molecular weight is 244 g/mol. The molecular weight excluding hydrogens is 216 g/mol. The lowest BCUT2D eigenvalue weighted by molar-refractivity contribution is 0.0951. The predicted octanol–water partition coefficient (Wildman–Crippen LogP) is 2.58. The highest BCUT2D eigenvalue weighted by molar-refractivity contribution is 8.00. The molecule has 96 valence electrons. The zero-order valence-corrected chi connectivity index (χ0v) is 12.1. The molecule has 0 aromatic heterocycles. The van der Waals surface area contributed by atoms with E-state index < -0.39 is 0 Å². The Morgan fingerprint density at radius 1 is 1.56 bits per heavy atom. The number of likely N-dealkylation sites (N-methyl/N-ethyl adjacent to an activating group) is 1. The van der Waals surface area contributed by atoms with Crippen LogP contribution in [0.3, 0.4) is 0 Å². The van der Waals surface area contributed by atoms with Crippen molar-refractivity contribution in [2.75, 3.05) is 25.9 Å². The van der Waals surface area contributed by atoms with Gasteiger partial charge in [0.25, 0.3) is 0 Å². The van der Waals surface area contributed by atoms with Crippen LogP contribution in [0.2, 0.25) is 0 Å². The molecule has 0 amide bonds. The summed E-state index contributed by atoms with van der Waals surface area (Å²) in [5.41, 5.74) is 6.33. The van der Waals surface area contributed by atoms with Crippen LogP contribution in [0.15, 0.2) is 0 Å². The first-order valence-corrected chi connectivity index (χ1v) is 7.64. The third-order valence-electron chi connectivity index (χ3n) is 4.27. The molecule has 0 radical (unpaired) electrons. The van der Waals surface area contributed by atoms with Gasteiger partial charge in [-0.2, -0.15) is 11.8 Å². The van der Waals surface area contributed by atoms with Gasteiger partial charge in [-0.1, -0.05) is 27.2 Å². The quantitative estimate of drug-likeness (QED) is 0.806. The Morgan fingerprint density at radius 3 is 2.75 bits per heavy atom. The van der Waals surface area contributed by atoms with Crippen LogP contribution < -0.4 is 5.73 Å². The minimum atomic E-state index is 0.242. The topological polar surface area (TPSA) is 29.3 Å². The number of nitrogens with two attached hydrogens (primary N) is 1. The van der Waals surface area contributed by atoms with Gasteiger partial charge in [0.15, 0.2) is 0 Å². The smallest absolute Gasteiger partial charge is 0.0444 e. The molecule has 1 aliphatic rings. The average Bonchev–Trinajstić information content (AvgIpc) is 2.29. The first-order valence-electron chi connectivity index (χ1n) is 6.59. The minimum Gasteiger partial charge on any atom is -0.329 e. The summed E-state index contributed by atoms with van der Waals surface area (Å²) in [5, 5.41) is 0.667. The van der Waals surface area contributed by atoms with E-state index in [-0.39, 0.29) is 5.54 Å². The molecule has 3 unspecified atom stereocenters. The fourth-order valence-corrected chi connectivity index (χ4v) is 4.07. The van der Waals surface area contributed by atoms with Crippen LogP contribution in [-0.2, 0) is 0 Å². The van der Waals surface area contributed by atoms with E-state index in [4.69, 9.17) is 5.73 Å². The molecule has 1 heterocycles. The standard InChI is InChI=1S/C13H28N2S/c1-5-11(2)9-15(4)13(10-14)7-6-8-16-12(13)3/h11-12H,5-10,14H2,1-4H3. The van der Waals surface area contributed by atoms with Crippen LogP contribution >= 0.6 is 11.8 Å². The largest absolute Gasteiger partial charge is 0.329 e. The lowest BCUT2D eigenvalue weighted by Gasteiger charge is -2.48. The summed E-state index contributed by atoms with van der Waals surface area (Å²) in [4.78, 5) is 2.54. The third-order valence-corrected chi connectivity index (χ3v) is 5.74. The zero-order chi connectivity index (χ0) is 12.2. The van der Waals surface area contributed by atoms with Crippen LogP contribution in [0.25, 0.3) is 0 Å². The number of hydrogen-bond acceptors (Lipinski definition) is 3. The summed E-state index contributed by atoms with van der Waals surface area (Å²) >= 11 is 2.09. The summed E-state index contributed by atoms with van der Waals surface area (Å²) in [7, 11) is 2.27. The molecule has 0 aromatic rings. The fourth-order valence-electron chi connectivity index (χ4n) is 2.70. The van der Waals surface area contributed by atoms with Gasteiger partial charge in [-0.3, -0.25) is 4.90 Å². The molecule has 3 atom stereocenters. The van der Waals surface area contributed by atoms with E-state index in [9.17, 15) is 0 Å². The van der Waals surface area contributed by atoms with Crippen molar-refractivity contribution in [3.8, 4) is 0 Å². The molecule has 1 aliphatic heterocycles. The number of nitrogens with zero attached hydrogens (tertiary/aromatic N) is 1. The van der Waals surface area contributed by atoms with Gasteiger partial charge in [-0.25, -0.2) is 0 Å². The number of hydrogen-bond donors (Lipinski definition) is 1. The summed E-state index contributed by atoms with van der Waals surface area (Å²) in [6.07, 6.45) is 3.84. The van der Waals surface area contributed by atoms with Crippen molar-refractivity contribution >= 4 is 11.8 Å². The molecule has 0 saturated carbocycles. The first-order chi connectivity index (χ1) is 7.56. The van der Waals surface area contributed by atoms with Gasteiger partial charge in [-0.15, -0.1) is 0 Å². The molecule has 1 saturated heterocycles. The van der Waals surface area contributed by atoms with Crippen molar-refractivity contribution in [2.45, 2.75) is 50.8 Å². The second-order valence-corrected chi connectivity index (χ2v) is 6.77. The Labute approximate surface area is 105 Å². The maximum absolute atomic E-state index is 6.09. The highest BCUT2D eigenvalue weighted by atomic mass is 32.2. The van der Waals surface area contributed by atoms with Crippen molar-refractivity contribution in [1.29, 1.82) is 0 Å². The normalized spacial score (nSPS) is 33.0. The van der Waals surface area contributed by atoms with E-state index in [0.29, 0.717) is 5.25 Å². The maximum Gasteiger partial charge on any atom is 0.0444 e. The Kier molecular flexibility index (Phi) is 5.62. The molecular formula is C13H28N2S. The van der Waals surface area contributed by atoms with E-state index in [1.807, 2.05) is 0 Å². The fraction of sp³-hybridized carbons (Fsp3) is 1.00. The van der Waals surface area contributed by atoms with Crippen LogP contribution in [0.4, 0.5) is 0 Å². The van der Waals surface area contributed by atoms with E-state index >= 15 is 0 Å². The highest BCUT2D eigenvalue weighted by Crippen LogP contribution is 2.37. The van der Waals surface area contributed by atoms with E-state index in [1.165, 1.54) is 31.6 Å². The molecule has 0 spiro atoms. The van der Waals surface area contributed by atoms with Crippen molar-refractivity contribution in [1.82, 2.24) is 4.90 Å². The lowest BCUT2D eigenvalue weighted by Crippen LogP contribution is -2.60. The Hall–Kier alpha value is 0.270. The molecule has 0 bridgehead atoms. The highest BCUT2D eigenvalue weighted by Gasteiger charge is 2.41. The van der Waals surface area contributed by atoms with Crippen molar-refractivity contribution in [2.24, 2.45) is 11.7 Å². The molecule has 3 heteroatoms. The Morgan fingerprint density at radius 2 is 2.25 bits per heavy atom. The van der Waals surface area contributed by atoms with Gasteiger partial charge < -0.3 is 5.73 Å². The van der Waals surface area contributed by atoms with Gasteiger partial charge >= 0.3 is 0 Å². The summed E-state index contributed by atoms with van der Waals surface area (Å²) in [6, 6.07) is 0. The van der Waals surface area contributed by atoms with Crippen LogP contribution in [-0.4, -0.2) is 41.6 Å². The molecule has 0 aliphatic carbocycles. The second-order valence-electron chi connectivity index (χ2n) is 5.32. The molecule has 1 fully saturated rings. The SMILES string of the molecule is CCC(C)CN(C)C1(CN)CCCSC1C. The van der Waals surface area contributed by atoms with Gasteiger partial charge in [0.2, 0.25) is 0 Å². The Bertz CT molecular complexity index is 210. The zero-order valence-electron chi connectivity index (χ0n) is 11.3. The maximum atomic E-state index is 6.09. The second kappa shape index (κ2) is 6.27. The van der Waals surface area contributed by atoms with E-state index in [0.717, 1.165) is 12.5 Å². The number of rotatable bonds is 5. The molecule has 16 heavy (non-hydrogen) atoms. The molecule has 1 rings (SSSR count). The van der Waals surface area contributed by atoms with Crippen LogP contribution in [0.5, 0.6) is 0 Å². The first kappa shape index (κ1) is 14.3. The third kappa shape index (κ3) is 2.93. The van der Waals surface area contributed by atoms with Gasteiger partial charge in [0.05, 0.1) is 0 Å². The summed E-state index contributed by atoms with van der Waals surface area (Å²) in [5.74, 6) is 2.08. The van der Waals surface area contributed by atoms with Gasteiger partial charge in [0.1, 0.15) is 0 Å². The Balaban J connectivity index is 2.69. The van der Waals surface area contributed by atoms with E-state index in [2.05, 4.69) is 44.5 Å². The minimum absolute atomic E-state index is 0.242. The van der Waals surface area contributed by atoms with Crippen LogP contribution in [0.1, 0.15) is 40.0 Å². The van der Waals surface area contributed by atoms with Crippen molar-refractivity contribution in [3.05, 3.63) is 0 Å². The van der Waals surface area contributed by atoms with Crippen molar-refractivity contribution < 1.29 is 0 Å². The van der Waals surface area contributed by atoms with E-state index in [1.54, 1.807) is 0 Å².